The van der Waals surface area contributed by atoms with E-state index in [1.165, 1.54) is 0 Å². The molecule has 2 heterocycles. The molecule has 0 radical (unpaired) electrons. The minimum atomic E-state index is -0.235. The number of carbonyl (C=O) groups is 2. The van der Waals surface area contributed by atoms with Crippen LogP contribution in [0.3, 0.4) is 0 Å². The molecule has 0 fully saturated rings. The van der Waals surface area contributed by atoms with Crippen molar-refractivity contribution in [3.05, 3.63) is 12.4 Å². The van der Waals surface area contributed by atoms with Crippen LogP contribution in [0, 0.1) is 17.8 Å². The largest absolute Gasteiger partial charge is 0.463 e. The number of hydrogen-bond acceptors (Lipinski definition) is 8. The van der Waals surface area contributed by atoms with Crippen LogP contribution in [-0.4, -0.2) is 58.3 Å². The molecule has 0 bridgehead atoms. The third-order valence-electron chi connectivity index (χ3n) is 4.93. The van der Waals surface area contributed by atoms with Crippen LogP contribution in [0.5, 0.6) is 0 Å². The van der Waals surface area contributed by atoms with Gasteiger partial charge in [0, 0.05) is 26.8 Å². The van der Waals surface area contributed by atoms with Gasteiger partial charge in [0.25, 0.3) is 0 Å². The molecule has 33 heavy (non-hydrogen) atoms. The number of fused-ring (bicyclic) bond motifs is 1. The molecule has 2 atom stereocenters. The first-order valence-corrected chi connectivity index (χ1v) is 11.2. The number of amides is 1. The quantitative estimate of drug-likeness (QED) is 0.461. The predicted molar refractivity (Wildman–Crippen MR) is 129 cm³/mol. The average Bonchev–Trinajstić information content (AvgIpc) is 3.16. The van der Waals surface area contributed by atoms with Gasteiger partial charge in [-0.15, -0.1) is 0 Å². The van der Waals surface area contributed by atoms with Crippen molar-refractivity contribution in [1.29, 1.82) is 0 Å². The van der Waals surface area contributed by atoms with Gasteiger partial charge in [-0.25, -0.2) is 4.98 Å². The highest BCUT2D eigenvalue weighted by atomic mass is 16.6. The molecule has 2 rings (SSSR count). The number of esters is 1. The molecule has 2 aromatic heterocycles. The number of aromatic nitrogens is 4. The number of ether oxygens (including phenoxy) is 2. The SMILES string of the molecule is CNc1nc(NC(=O)CC(C)C)nc2c1ncn2C=CC(C)CC(COC(=O)C(C)C)OC. The molecule has 2 aromatic rings. The standard InChI is InChI=1S/C23H36N6O4/c1-14(2)10-18(30)26-23-27-20(24-6)19-21(28-23)29(13-25-19)9-8-16(5)11-17(32-7)12-33-22(31)15(3)4/h8-9,13-17H,10-12H2,1-7H3,(H2,24,26,27,28,30). The fourth-order valence-electron chi connectivity index (χ4n) is 3.11. The van der Waals surface area contributed by atoms with Gasteiger partial charge in [-0.05, 0) is 18.3 Å². The van der Waals surface area contributed by atoms with Gasteiger partial charge < -0.3 is 14.8 Å². The lowest BCUT2D eigenvalue weighted by atomic mass is 10.0. The molecular weight excluding hydrogens is 424 g/mol. The summed E-state index contributed by atoms with van der Waals surface area (Å²) in [7, 11) is 3.36. The third-order valence-corrected chi connectivity index (χ3v) is 4.93. The van der Waals surface area contributed by atoms with Gasteiger partial charge in [-0.2, -0.15) is 9.97 Å². The minimum absolute atomic E-state index is 0.134. The first-order valence-electron chi connectivity index (χ1n) is 11.2. The second-order valence-electron chi connectivity index (χ2n) is 8.81. The van der Waals surface area contributed by atoms with E-state index in [9.17, 15) is 9.59 Å². The van der Waals surface area contributed by atoms with Crippen LogP contribution in [0.4, 0.5) is 11.8 Å². The number of carbonyl (C=O) groups excluding carboxylic acids is 2. The van der Waals surface area contributed by atoms with Crippen LogP contribution in [-0.2, 0) is 19.1 Å². The summed E-state index contributed by atoms with van der Waals surface area (Å²) in [6.07, 6.45) is 6.40. The normalized spacial score (nSPS) is 13.6. The Morgan fingerprint density at radius 1 is 1.18 bits per heavy atom. The van der Waals surface area contributed by atoms with Crippen molar-refractivity contribution in [2.75, 3.05) is 31.4 Å². The van der Waals surface area contributed by atoms with Gasteiger partial charge in [-0.3, -0.25) is 19.5 Å². The first-order chi connectivity index (χ1) is 15.6. The maximum absolute atomic E-state index is 12.2. The lowest BCUT2D eigenvalue weighted by molar-refractivity contribution is -0.151. The van der Waals surface area contributed by atoms with Crippen LogP contribution >= 0.6 is 0 Å². The van der Waals surface area contributed by atoms with Crippen molar-refractivity contribution in [3.8, 4) is 0 Å². The molecule has 2 unspecified atom stereocenters. The fraction of sp³-hybridized carbons (Fsp3) is 0.609. The Morgan fingerprint density at radius 3 is 2.52 bits per heavy atom. The zero-order valence-electron chi connectivity index (χ0n) is 20.6. The Labute approximate surface area is 195 Å². The highest BCUT2D eigenvalue weighted by molar-refractivity contribution is 5.92. The van der Waals surface area contributed by atoms with Gasteiger partial charge in [0.15, 0.2) is 17.0 Å². The Morgan fingerprint density at radius 2 is 1.91 bits per heavy atom. The van der Waals surface area contributed by atoms with E-state index in [4.69, 9.17) is 9.47 Å². The van der Waals surface area contributed by atoms with Crippen molar-refractivity contribution in [2.45, 2.75) is 53.6 Å². The highest BCUT2D eigenvalue weighted by Gasteiger charge is 2.17. The topological polar surface area (TPSA) is 120 Å². The number of hydrogen-bond donors (Lipinski definition) is 2. The van der Waals surface area contributed by atoms with E-state index in [1.54, 1.807) is 38.9 Å². The van der Waals surface area contributed by atoms with E-state index in [-0.39, 0.29) is 48.3 Å². The Kier molecular flexibility index (Phi) is 9.77. The van der Waals surface area contributed by atoms with E-state index in [2.05, 4.69) is 32.5 Å². The number of methoxy groups -OCH3 is 1. The number of nitrogens with zero attached hydrogens (tertiary/aromatic N) is 4. The Hall–Kier alpha value is -3.01. The van der Waals surface area contributed by atoms with E-state index >= 15 is 0 Å². The zero-order valence-corrected chi connectivity index (χ0v) is 20.6. The van der Waals surface area contributed by atoms with Gasteiger partial charge in [0.1, 0.15) is 12.9 Å². The van der Waals surface area contributed by atoms with E-state index < -0.39 is 0 Å². The van der Waals surface area contributed by atoms with Crippen molar-refractivity contribution in [1.82, 2.24) is 19.5 Å². The Balaban J connectivity index is 2.13. The summed E-state index contributed by atoms with van der Waals surface area (Å²) in [4.78, 5) is 37.1. The monoisotopic (exact) mass is 460 g/mol. The number of nitrogens with one attached hydrogen (secondary N) is 2. The molecule has 2 N–H and O–H groups in total. The molecule has 0 aromatic carbocycles. The Bertz CT molecular complexity index is 969. The van der Waals surface area contributed by atoms with Gasteiger partial charge in [-0.1, -0.05) is 40.7 Å². The zero-order chi connectivity index (χ0) is 24.5. The predicted octanol–water partition coefficient (Wildman–Crippen LogP) is 3.56. The van der Waals surface area contributed by atoms with Crippen LogP contribution in [0.1, 0.15) is 47.5 Å². The fourth-order valence-corrected chi connectivity index (χ4v) is 3.11. The molecule has 0 saturated carbocycles. The summed E-state index contributed by atoms with van der Waals surface area (Å²) < 4.78 is 12.6. The van der Waals surface area contributed by atoms with Crippen LogP contribution in [0.2, 0.25) is 0 Å². The number of anilines is 2. The van der Waals surface area contributed by atoms with Crippen LogP contribution < -0.4 is 10.6 Å². The molecule has 0 aliphatic heterocycles. The number of rotatable bonds is 12. The molecule has 0 aliphatic carbocycles. The molecule has 182 valence electrons. The maximum atomic E-state index is 12.2. The highest BCUT2D eigenvalue weighted by Crippen LogP contribution is 2.21. The number of imidazole rings is 1. The van der Waals surface area contributed by atoms with E-state index in [0.717, 1.165) is 0 Å². The molecular formula is C23H36N6O4. The van der Waals surface area contributed by atoms with E-state index in [0.29, 0.717) is 29.8 Å². The molecule has 0 saturated heterocycles. The summed E-state index contributed by atoms with van der Waals surface area (Å²) in [5.74, 6) is 0.600. The van der Waals surface area contributed by atoms with Crippen LogP contribution in [0.15, 0.2) is 12.4 Å². The van der Waals surface area contributed by atoms with Gasteiger partial charge in [0.2, 0.25) is 11.9 Å². The second kappa shape index (κ2) is 12.3. The van der Waals surface area contributed by atoms with Crippen LogP contribution in [0.25, 0.3) is 17.4 Å². The smallest absolute Gasteiger partial charge is 0.308 e. The molecule has 0 spiro atoms. The number of allylic oxidation sites excluding steroid dienone is 1. The summed E-state index contributed by atoms with van der Waals surface area (Å²) >= 11 is 0. The van der Waals surface area contributed by atoms with Crippen molar-refractivity contribution in [2.24, 2.45) is 17.8 Å². The van der Waals surface area contributed by atoms with Crippen molar-refractivity contribution < 1.29 is 19.1 Å². The molecule has 10 heteroatoms. The van der Waals surface area contributed by atoms with Crippen molar-refractivity contribution >= 4 is 41.0 Å². The summed E-state index contributed by atoms with van der Waals surface area (Å²) in [5, 5.41) is 5.77. The molecule has 1 amide bonds. The average molecular weight is 461 g/mol. The minimum Gasteiger partial charge on any atom is -0.463 e. The third kappa shape index (κ3) is 7.81. The lowest BCUT2D eigenvalue weighted by Gasteiger charge is -2.18. The molecule has 10 nitrogen and oxygen atoms in total. The second-order valence-corrected chi connectivity index (χ2v) is 8.81. The summed E-state index contributed by atoms with van der Waals surface area (Å²) in [6, 6.07) is 0. The lowest BCUT2D eigenvalue weighted by Crippen LogP contribution is -2.24. The van der Waals surface area contributed by atoms with E-state index in [1.807, 2.05) is 26.1 Å². The maximum Gasteiger partial charge on any atom is 0.308 e. The first kappa shape index (κ1) is 26.2. The summed E-state index contributed by atoms with van der Waals surface area (Å²) in [5.41, 5.74) is 1.18. The summed E-state index contributed by atoms with van der Waals surface area (Å²) in [6.45, 7) is 9.83. The van der Waals surface area contributed by atoms with Gasteiger partial charge in [0.05, 0.1) is 12.0 Å². The van der Waals surface area contributed by atoms with Crippen molar-refractivity contribution in [3.63, 3.8) is 0 Å². The van der Waals surface area contributed by atoms with Gasteiger partial charge >= 0.3 is 5.97 Å². The molecule has 0 aliphatic rings.